The van der Waals surface area contributed by atoms with Gasteiger partial charge in [-0.1, -0.05) is 57.2 Å². The van der Waals surface area contributed by atoms with Crippen molar-refractivity contribution in [3.8, 4) is 0 Å². The van der Waals surface area contributed by atoms with Crippen LogP contribution in [0.25, 0.3) is 10.1 Å². The number of carbonyl (C=O) groups is 9. The monoisotopic (exact) mass is 1280 g/mol. The van der Waals surface area contributed by atoms with Gasteiger partial charge in [0.1, 0.15) is 30.2 Å². The molecule has 4 aromatic rings. The second-order valence-electron chi connectivity index (χ2n) is 24.8. The standard InChI is InChI=1S/C60H72F4N11O12PS/c1-59(2,3)35-9-7-33(8-10-35)25-42(57(83)72-23-21-71(22-24-72)38-28-73(29-38)44-6-4-5-39-40(44)30-74(56(39)82)45-15-18-51(77)69-53(45)79)67-52(78)41(13-17-50(65)76)66-54(80)46-14-12-37-19-20-70(32-49(61)62)31-43(58(84)75(37)46)68-55(81)48-27-34-26-36(11-16-47(34)89-48)60(63,64)88(85,86)87/h4-11,16,26-27,37-38,41-43,45-46,49H,12-15,17-25,28-32H2,1-3H3,(H2,65,76)(H,66,80)(H,67,78)(H,68,81)(H,69,77,79)(H2,85,86,87)/t37-,41+,42+,43+,45?,46+/m1/s1. The zero-order valence-corrected chi connectivity index (χ0v) is 51.0. The number of nitrogens with one attached hydrogen (secondary N) is 4. The first-order valence-corrected chi connectivity index (χ1v) is 32.1. The summed E-state index contributed by atoms with van der Waals surface area (Å²) in [4.78, 5) is 152. The van der Waals surface area contributed by atoms with Crippen molar-refractivity contribution in [1.82, 2.24) is 45.8 Å². The van der Waals surface area contributed by atoms with Gasteiger partial charge in [0.25, 0.3) is 18.2 Å². The molecule has 8 N–H and O–H groups in total. The first-order valence-electron chi connectivity index (χ1n) is 29.7. The molecule has 0 saturated carbocycles. The Morgan fingerprint density at radius 1 is 0.831 bits per heavy atom. The molecule has 0 spiro atoms. The quantitative estimate of drug-likeness (QED) is 0.0403. The van der Waals surface area contributed by atoms with Gasteiger partial charge in [0, 0.05) is 117 Å². The summed E-state index contributed by atoms with van der Waals surface area (Å²) < 4.78 is 69.1. The fourth-order valence-electron chi connectivity index (χ4n) is 12.9. The normalized spacial score (nSPS) is 22.3. The fraction of sp³-hybridized carbons (Fsp3) is 0.517. The number of benzene rings is 3. The Hall–Kier alpha value is -7.36. The van der Waals surface area contributed by atoms with Crippen molar-refractivity contribution in [3.63, 3.8) is 0 Å². The van der Waals surface area contributed by atoms with Crippen LogP contribution in [0.1, 0.15) is 108 Å². The molecule has 3 aromatic carbocycles. The van der Waals surface area contributed by atoms with E-state index in [0.29, 0.717) is 44.8 Å². The number of hydrogen-bond donors (Lipinski definition) is 7. The number of nitrogens with two attached hydrogens (primary N) is 1. The van der Waals surface area contributed by atoms with Crippen LogP contribution in [0.3, 0.4) is 0 Å². The number of thiophene rings is 1. The number of alkyl halides is 4. The average molecular weight is 1280 g/mol. The molecule has 0 bridgehead atoms. The van der Waals surface area contributed by atoms with E-state index in [-0.39, 0.29) is 109 Å². The lowest BCUT2D eigenvalue weighted by atomic mass is 9.86. The molecule has 6 atom stereocenters. The van der Waals surface area contributed by atoms with E-state index in [0.717, 1.165) is 51.9 Å². The number of fused-ring (bicyclic) bond motifs is 3. The Bertz CT molecular complexity index is 3500. The van der Waals surface area contributed by atoms with Crippen LogP contribution in [-0.2, 0) is 62.2 Å². The van der Waals surface area contributed by atoms with E-state index in [2.05, 4.69) is 51.8 Å². The van der Waals surface area contributed by atoms with Gasteiger partial charge in [-0.25, -0.2) is 8.78 Å². The van der Waals surface area contributed by atoms with E-state index in [4.69, 9.17) is 5.73 Å². The number of amides is 9. The molecule has 29 heteroatoms. The molecule has 9 amide bonds. The van der Waals surface area contributed by atoms with Gasteiger partial charge in [-0.3, -0.25) is 62.8 Å². The molecule has 6 aliphatic rings. The van der Waals surface area contributed by atoms with Crippen LogP contribution >= 0.6 is 18.9 Å². The van der Waals surface area contributed by atoms with Gasteiger partial charge >= 0.3 is 13.3 Å². The Balaban J connectivity index is 0.820. The maximum Gasteiger partial charge on any atom is 0.399 e. The number of rotatable bonds is 19. The smallest absolute Gasteiger partial charge is 0.370 e. The summed E-state index contributed by atoms with van der Waals surface area (Å²) >= 11 is 0.815. The van der Waals surface area contributed by atoms with Crippen molar-refractivity contribution in [3.05, 3.63) is 99.4 Å². The highest BCUT2D eigenvalue weighted by atomic mass is 32.1. The van der Waals surface area contributed by atoms with E-state index < -0.39 is 110 Å². The molecule has 1 aromatic heterocycles. The zero-order valence-electron chi connectivity index (χ0n) is 49.3. The summed E-state index contributed by atoms with van der Waals surface area (Å²) in [5, 5.41) is 10.6. The van der Waals surface area contributed by atoms with Crippen molar-refractivity contribution in [2.75, 3.05) is 63.8 Å². The molecule has 89 heavy (non-hydrogen) atoms. The van der Waals surface area contributed by atoms with E-state index in [1.165, 1.54) is 20.8 Å². The molecular weight excluding hydrogens is 1210 g/mol. The lowest BCUT2D eigenvalue weighted by Crippen LogP contribution is -2.65. The number of anilines is 1. The van der Waals surface area contributed by atoms with Gasteiger partial charge in [0.2, 0.25) is 41.4 Å². The summed E-state index contributed by atoms with van der Waals surface area (Å²) in [6.45, 7) is 8.18. The van der Waals surface area contributed by atoms with E-state index in [1.807, 2.05) is 36.4 Å². The van der Waals surface area contributed by atoms with Gasteiger partial charge < -0.3 is 51.1 Å². The Morgan fingerprint density at radius 2 is 1.54 bits per heavy atom. The fourth-order valence-corrected chi connectivity index (χ4v) is 14.3. The Kier molecular flexibility index (Phi) is 18.8. The summed E-state index contributed by atoms with van der Waals surface area (Å²) in [5.41, 5.74) is 3.84. The predicted molar refractivity (Wildman–Crippen MR) is 318 cm³/mol. The maximum atomic E-state index is 14.8. The number of nitrogens with zero attached hydrogens (tertiary/aromatic N) is 6. The molecule has 23 nitrogen and oxygen atoms in total. The molecule has 6 aliphatic heterocycles. The van der Waals surface area contributed by atoms with Gasteiger partial charge in [-0.2, -0.15) is 8.78 Å². The number of carbonyl (C=O) groups excluding carboxylic acids is 9. The second kappa shape index (κ2) is 25.9. The van der Waals surface area contributed by atoms with E-state index in [9.17, 15) is 75.1 Å². The summed E-state index contributed by atoms with van der Waals surface area (Å²) in [6, 6.07) is 10.4. The molecule has 0 radical (unpaired) electrons. The van der Waals surface area contributed by atoms with Crippen molar-refractivity contribution in [2.24, 2.45) is 5.73 Å². The van der Waals surface area contributed by atoms with Crippen LogP contribution in [0, 0.1) is 0 Å². The largest absolute Gasteiger partial charge is 0.399 e. The number of imide groups is 1. The van der Waals surface area contributed by atoms with Gasteiger partial charge in [-0.05, 0) is 84.4 Å². The highest BCUT2D eigenvalue weighted by Crippen LogP contribution is 2.59. The summed E-state index contributed by atoms with van der Waals surface area (Å²) in [5.74, 6) is -5.62. The average Bonchev–Trinajstić information content (AvgIpc) is 4.12. The van der Waals surface area contributed by atoms with Crippen LogP contribution in [0.15, 0.2) is 66.7 Å². The minimum atomic E-state index is -5.94. The highest BCUT2D eigenvalue weighted by molar-refractivity contribution is 7.52. The van der Waals surface area contributed by atoms with E-state index >= 15 is 0 Å². The third kappa shape index (κ3) is 14.0. The van der Waals surface area contributed by atoms with Crippen molar-refractivity contribution in [1.29, 1.82) is 0 Å². The lowest BCUT2D eigenvalue weighted by molar-refractivity contribution is -0.144. The SMILES string of the molecule is CC(C)(C)c1ccc(C[C@H](NC(=O)[C@H](CCC(N)=O)NC(=O)[C@@H]2CC[C@@H]3CCN(CC(F)F)C[C@H](NC(=O)c4cc5cc(C(F)(F)P(=O)(O)O)ccc5s4)C(=O)N32)C(=O)N2CCN(C3CN(c4cccc5c4CN(C4CCC(=O)NC4=O)C5=O)C3)CC2)cc1. The first kappa shape index (κ1) is 64.6. The molecule has 10 rings (SSSR count). The lowest BCUT2D eigenvalue weighted by Gasteiger charge is -2.49. The van der Waals surface area contributed by atoms with Gasteiger partial charge in [0.05, 0.1) is 11.4 Å². The summed E-state index contributed by atoms with van der Waals surface area (Å²) in [7, 11) is -5.94. The Morgan fingerprint density at radius 3 is 2.20 bits per heavy atom. The van der Waals surface area contributed by atoms with Crippen molar-refractivity contribution >= 4 is 87.9 Å². The number of primary amides is 1. The molecule has 5 fully saturated rings. The minimum absolute atomic E-state index is 0.0282. The Labute approximate surface area is 514 Å². The number of piperidine rings is 1. The molecule has 478 valence electrons. The van der Waals surface area contributed by atoms with Crippen LogP contribution in [0.4, 0.5) is 23.2 Å². The number of piperazine rings is 1. The molecule has 7 heterocycles. The minimum Gasteiger partial charge on any atom is -0.370 e. The van der Waals surface area contributed by atoms with Crippen LogP contribution in [0.2, 0.25) is 0 Å². The van der Waals surface area contributed by atoms with Crippen LogP contribution < -0.4 is 31.9 Å². The maximum absolute atomic E-state index is 14.8. The molecule has 0 aliphatic carbocycles. The van der Waals surface area contributed by atoms with Crippen molar-refractivity contribution < 1.29 is 75.1 Å². The van der Waals surface area contributed by atoms with Crippen LogP contribution in [-0.4, -0.2) is 195 Å². The number of halogens is 4. The summed E-state index contributed by atoms with van der Waals surface area (Å²) in [6.07, 6.45) is -2.61. The molecular formula is C60H72F4N11O12PS. The van der Waals surface area contributed by atoms with Gasteiger partial charge in [0.15, 0.2) is 0 Å². The topological polar surface area (TPSA) is 305 Å². The van der Waals surface area contributed by atoms with E-state index in [1.54, 1.807) is 11.0 Å². The third-order valence-corrected chi connectivity index (χ3v) is 19.9. The van der Waals surface area contributed by atoms with Crippen molar-refractivity contribution in [2.45, 2.75) is 138 Å². The second-order valence-corrected chi connectivity index (χ2v) is 27.5. The number of hydrogen-bond acceptors (Lipinski definition) is 14. The van der Waals surface area contributed by atoms with Gasteiger partial charge in [-0.15, -0.1) is 11.3 Å². The zero-order chi connectivity index (χ0) is 64.0. The van der Waals surface area contributed by atoms with Crippen LogP contribution in [0.5, 0.6) is 0 Å². The molecule has 1 unspecified atom stereocenters. The predicted octanol–water partition coefficient (Wildman–Crippen LogP) is 3.13. The third-order valence-electron chi connectivity index (χ3n) is 17.8. The molecule has 5 saturated heterocycles. The highest BCUT2D eigenvalue weighted by Gasteiger charge is 2.51. The first-order chi connectivity index (χ1) is 42.0.